The minimum Gasteiger partial charge on any atom is -0.489 e. The molecule has 1 aromatic rings. The van der Waals surface area contributed by atoms with E-state index in [2.05, 4.69) is 11.9 Å². The SMILES string of the molecule is C=CCOc1cc(Cl)c(Cl)cc1[C@H](NC(=O)C(F)(F)F)C1CCN(C(=O)OC(C)(C)C)CC1. The van der Waals surface area contributed by atoms with E-state index in [1.807, 2.05) is 0 Å². The van der Waals surface area contributed by atoms with Crippen LogP contribution in [0.4, 0.5) is 18.0 Å². The second-order valence-corrected chi connectivity index (χ2v) is 9.47. The lowest BCUT2D eigenvalue weighted by molar-refractivity contribution is -0.175. The summed E-state index contributed by atoms with van der Waals surface area (Å²) < 4.78 is 50.2. The molecule has 0 unspecified atom stereocenters. The molecule has 11 heteroatoms. The standard InChI is InChI=1S/C22H27Cl2F3N2O4/c1-5-10-32-17-12-16(24)15(23)11-14(17)18(28-19(30)22(25,26)27)13-6-8-29(9-7-13)20(31)33-21(2,3)4/h5,11-13,18H,1,6-10H2,2-4H3,(H,28,30)/t18-/m1/s1. The molecule has 0 saturated carbocycles. The number of likely N-dealkylation sites (tertiary alicyclic amines) is 1. The predicted octanol–water partition coefficient (Wildman–Crippen LogP) is 5.92. The molecule has 1 aliphatic rings. The Labute approximate surface area is 201 Å². The molecular formula is C22H27Cl2F3N2O4. The van der Waals surface area contributed by atoms with E-state index in [1.54, 1.807) is 20.8 Å². The molecule has 1 aliphatic heterocycles. The molecule has 2 amide bonds. The van der Waals surface area contributed by atoms with Crippen LogP contribution in [0.3, 0.4) is 0 Å². The van der Waals surface area contributed by atoms with E-state index in [0.29, 0.717) is 12.8 Å². The number of carbonyl (C=O) groups excluding carboxylic acids is 2. The minimum atomic E-state index is -5.08. The van der Waals surface area contributed by atoms with Crippen LogP contribution in [0.1, 0.15) is 45.2 Å². The number of carbonyl (C=O) groups is 2. The highest BCUT2D eigenvalue weighted by Gasteiger charge is 2.42. The van der Waals surface area contributed by atoms with Crippen molar-refractivity contribution in [1.29, 1.82) is 0 Å². The van der Waals surface area contributed by atoms with Crippen molar-refractivity contribution in [1.82, 2.24) is 10.2 Å². The predicted molar refractivity (Wildman–Crippen MR) is 120 cm³/mol. The van der Waals surface area contributed by atoms with Crippen molar-refractivity contribution in [2.24, 2.45) is 5.92 Å². The summed E-state index contributed by atoms with van der Waals surface area (Å²) in [6.07, 6.45) is -3.46. The van der Waals surface area contributed by atoms with Crippen LogP contribution < -0.4 is 10.1 Å². The van der Waals surface area contributed by atoms with E-state index in [0.717, 1.165) is 0 Å². The zero-order valence-electron chi connectivity index (χ0n) is 18.6. The highest BCUT2D eigenvalue weighted by atomic mass is 35.5. The largest absolute Gasteiger partial charge is 0.489 e. The summed E-state index contributed by atoms with van der Waals surface area (Å²) in [4.78, 5) is 25.7. The Morgan fingerprint density at radius 3 is 2.30 bits per heavy atom. The molecule has 1 saturated heterocycles. The van der Waals surface area contributed by atoms with Crippen LogP contribution in [0.2, 0.25) is 10.0 Å². The van der Waals surface area contributed by atoms with Crippen LogP contribution in [-0.2, 0) is 9.53 Å². The summed E-state index contributed by atoms with van der Waals surface area (Å²) in [5, 5.41) is 2.34. The number of hydrogen-bond donors (Lipinski definition) is 1. The second-order valence-electron chi connectivity index (χ2n) is 8.66. The molecule has 1 N–H and O–H groups in total. The van der Waals surface area contributed by atoms with Crippen molar-refractivity contribution in [2.75, 3.05) is 19.7 Å². The number of piperidine rings is 1. The van der Waals surface area contributed by atoms with Crippen LogP contribution in [0.5, 0.6) is 5.75 Å². The van der Waals surface area contributed by atoms with E-state index in [9.17, 15) is 22.8 Å². The Morgan fingerprint density at radius 1 is 1.21 bits per heavy atom. The van der Waals surface area contributed by atoms with Gasteiger partial charge in [0.15, 0.2) is 0 Å². The van der Waals surface area contributed by atoms with Crippen molar-refractivity contribution in [3.63, 3.8) is 0 Å². The Balaban J connectivity index is 2.33. The molecule has 184 valence electrons. The van der Waals surface area contributed by atoms with Gasteiger partial charge >= 0.3 is 18.2 Å². The lowest BCUT2D eigenvalue weighted by Gasteiger charge is -2.37. The van der Waals surface area contributed by atoms with Crippen molar-refractivity contribution >= 4 is 35.2 Å². The van der Waals surface area contributed by atoms with E-state index < -0.39 is 35.7 Å². The molecular weight excluding hydrogens is 484 g/mol. The normalized spacial score (nSPS) is 16.2. The second kappa shape index (κ2) is 10.9. The number of rotatable bonds is 6. The minimum absolute atomic E-state index is 0.0714. The first-order valence-corrected chi connectivity index (χ1v) is 11.1. The first kappa shape index (κ1) is 27.1. The third kappa shape index (κ3) is 7.71. The summed E-state index contributed by atoms with van der Waals surface area (Å²) in [6.45, 7) is 9.37. The number of ether oxygens (including phenoxy) is 2. The summed E-state index contributed by atoms with van der Waals surface area (Å²) >= 11 is 12.2. The van der Waals surface area contributed by atoms with E-state index in [4.69, 9.17) is 32.7 Å². The van der Waals surface area contributed by atoms with Gasteiger partial charge in [-0.3, -0.25) is 4.79 Å². The fraction of sp³-hybridized carbons (Fsp3) is 0.545. The highest BCUT2D eigenvalue weighted by Crippen LogP contribution is 2.40. The van der Waals surface area contributed by atoms with Gasteiger partial charge in [0.25, 0.3) is 0 Å². The van der Waals surface area contributed by atoms with Crippen LogP contribution >= 0.6 is 23.2 Å². The zero-order chi connectivity index (χ0) is 25.0. The lowest BCUT2D eigenvalue weighted by Crippen LogP contribution is -2.46. The maximum atomic E-state index is 13.1. The smallest absolute Gasteiger partial charge is 0.471 e. The fourth-order valence-corrected chi connectivity index (χ4v) is 3.80. The van der Waals surface area contributed by atoms with E-state index >= 15 is 0 Å². The molecule has 0 aliphatic carbocycles. The monoisotopic (exact) mass is 510 g/mol. The molecule has 1 atom stereocenters. The highest BCUT2D eigenvalue weighted by molar-refractivity contribution is 6.42. The fourth-order valence-electron chi connectivity index (χ4n) is 3.48. The Morgan fingerprint density at radius 2 is 1.79 bits per heavy atom. The average molecular weight is 511 g/mol. The number of alkyl halides is 3. The Bertz CT molecular complexity index is 880. The molecule has 0 radical (unpaired) electrons. The number of hydrogen-bond acceptors (Lipinski definition) is 4. The van der Waals surface area contributed by atoms with Gasteiger partial charge in [0, 0.05) is 24.7 Å². The molecule has 33 heavy (non-hydrogen) atoms. The molecule has 6 nitrogen and oxygen atoms in total. The molecule has 1 heterocycles. The maximum Gasteiger partial charge on any atom is 0.471 e. The van der Waals surface area contributed by atoms with Gasteiger partial charge in [0.1, 0.15) is 18.0 Å². The van der Waals surface area contributed by atoms with Gasteiger partial charge < -0.3 is 19.7 Å². The van der Waals surface area contributed by atoms with Crippen LogP contribution in [0, 0.1) is 5.92 Å². The Hall–Kier alpha value is -2.13. The lowest BCUT2D eigenvalue weighted by atomic mass is 9.85. The number of nitrogens with one attached hydrogen (secondary N) is 1. The van der Waals surface area contributed by atoms with E-state index in [1.165, 1.54) is 23.1 Å². The number of amides is 2. The van der Waals surface area contributed by atoms with Gasteiger partial charge in [-0.25, -0.2) is 4.79 Å². The summed E-state index contributed by atoms with van der Waals surface area (Å²) in [7, 11) is 0. The van der Waals surface area contributed by atoms with Gasteiger partial charge in [-0.1, -0.05) is 35.9 Å². The van der Waals surface area contributed by atoms with Gasteiger partial charge in [0.05, 0.1) is 16.1 Å². The third-order valence-corrected chi connectivity index (χ3v) is 5.67. The van der Waals surface area contributed by atoms with Gasteiger partial charge in [-0.05, 0) is 45.6 Å². The molecule has 0 spiro atoms. The molecule has 1 aromatic carbocycles. The zero-order valence-corrected chi connectivity index (χ0v) is 20.1. The third-order valence-electron chi connectivity index (χ3n) is 4.95. The van der Waals surface area contributed by atoms with Crippen LogP contribution in [0.25, 0.3) is 0 Å². The van der Waals surface area contributed by atoms with Crippen molar-refractivity contribution < 1.29 is 32.2 Å². The van der Waals surface area contributed by atoms with Crippen molar-refractivity contribution in [3.8, 4) is 5.75 Å². The van der Waals surface area contributed by atoms with Crippen LogP contribution in [-0.4, -0.2) is 48.4 Å². The summed E-state index contributed by atoms with van der Waals surface area (Å²) in [6, 6.07) is 1.71. The van der Waals surface area contributed by atoms with Crippen molar-refractivity contribution in [2.45, 2.75) is 51.4 Å². The van der Waals surface area contributed by atoms with E-state index in [-0.39, 0.29) is 41.1 Å². The van der Waals surface area contributed by atoms with Gasteiger partial charge in [-0.2, -0.15) is 13.2 Å². The topological polar surface area (TPSA) is 67.9 Å². The summed E-state index contributed by atoms with van der Waals surface area (Å²) in [5.74, 6) is -2.33. The number of nitrogens with zero attached hydrogens (tertiary/aromatic N) is 1. The number of halogens is 5. The maximum absolute atomic E-state index is 13.1. The first-order valence-electron chi connectivity index (χ1n) is 10.3. The molecule has 0 aromatic heterocycles. The van der Waals surface area contributed by atoms with Crippen molar-refractivity contribution in [3.05, 3.63) is 40.4 Å². The van der Waals surface area contributed by atoms with Gasteiger partial charge in [0.2, 0.25) is 0 Å². The number of benzene rings is 1. The first-order chi connectivity index (χ1) is 15.2. The Kier molecular flexibility index (Phi) is 8.93. The van der Waals surface area contributed by atoms with Gasteiger partial charge in [-0.15, -0.1) is 0 Å². The van der Waals surface area contributed by atoms with Crippen LogP contribution in [0.15, 0.2) is 24.8 Å². The average Bonchev–Trinajstić information content (AvgIpc) is 2.70. The summed E-state index contributed by atoms with van der Waals surface area (Å²) in [5.41, 5.74) is -0.409. The quantitative estimate of drug-likeness (QED) is 0.482. The molecule has 2 rings (SSSR count). The molecule has 0 bridgehead atoms. The molecule has 1 fully saturated rings.